The van der Waals surface area contributed by atoms with Crippen molar-refractivity contribution in [1.82, 2.24) is 0 Å². The van der Waals surface area contributed by atoms with Crippen LogP contribution in [0.5, 0.6) is 0 Å². The van der Waals surface area contributed by atoms with Crippen LogP contribution in [0.4, 0.5) is 11.4 Å². The van der Waals surface area contributed by atoms with E-state index in [-0.39, 0.29) is 5.91 Å². The van der Waals surface area contributed by atoms with E-state index in [9.17, 15) is 4.79 Å². The Hall–Kier alpha value is -2.00. The minimum atomic E-state index is -0.241. The number of nitrogens with one attached hydrogen (secondary N) is 1. The molecule has 2 aromatic rings. The van der Waals surface area contributed by atoms with E-state index in [2.05, 4.69) is 5.32 Å². The number of rotatable bonds is 2. The van der Waals surface area contributed by atoms with Gasteiger partial charge in [-0.2, -0.15) is 0 Å². The number of nitrogens with two attached hydrogens (primary N) is 1. The van der Waals surface area contributed by atoms with Gasteiger partial charge in [-0.05, 0) is 55.3 Å². The fourth-order valence-electron chi connectivity index (χ4n) is 1.96. The van der Waals surface area contributed by atoms with E-state index in [1.54, 1.807) is 18.2 Å². The predicted molar refractivity (Wildman–Crippen MR) is 79.7 cm³/mol. The van der Waals surface area contributed by atoms with Crippen LogP contribution in [-0.4, -0.2) is 5.91 Å². The number of hydrogen-bond donors (Lipinski definition) is 2. The molecule has 2 rings (SSSR count). The van der Waals surface area contributed by atoms with E-state index < -0.39 is 0 Å². The van der Waals surface area contributed by atoms with Gasteiger partial charge in [0.05, 0.1) is 10.6 Å². The molecule has 0 aliphatic rings. The van der Waals surface area contributed by atoms with Crippen LogP contribution in [0.3, 0.4) is 0 Å². The lowest BCUT2D eigenvalue weighted by Crippen LogP contribution is -2.12. The van der Waals surface area contributed by atoms with Crippen LogP contribution >= 0.6 is 11.6 Å². The maximum absolute atomic E-state index is 12.1. The summed E-state index contributed by atoms with van der Waals surface area (Å²) in [6.07, 6.45) is 0. The third kappa shape index (κ3) is 3.26. The molecule has 0 heterocycles. The molecule has 2 aromatic carbocycles. The van der Waals surface area contributed by atoms with Crippen molar-refractivity contribution in [3.05, 3.63) is 58.1 Å². The number of hydrogen-bond acceptors (Lipinski definition) is 2. The van der Waals surface area contributed by atoms with Crippen molar-refractivity contribution in [2.45, 2.75) is 13.8 Å². The van der Waals surface area contributed by atoms with Gasteiger partial charge >= 0.3 is 0 Å². The molecule has 0 aromatic heterocycles. The highest BCUT2D eigenvalue weighted by atomic mass is 35.5. The third-order valence-electron chi connectivity index (χ3n) is 2.72. The molecule has 0 aliphatic carbocycles. The highest BCUT2D eigenvalue weighted by molar-refractivity contribution is 6.34. The van der Waals surface area contributed by atoms with Crippen molar-refractivity contribution in [2.75, 3.05) is 11.1 Å². The average Bonchev–Trinajstić information content (AvgIpc) is 2.26. The molecule has 98 valence electrons. The van der Waals surface area contributed by atoms with Crippen molar-refractivity contribution in [3.8, 4) is 0 Å². The van der Waals surface area contributed by atoms with Crippen LogP contribution < -0.4 is 11.1 Å². The molecular formula is C15H15ClN2O. The summed E-state index contributed by atoms with van der Waals surface area (Å²) in [4.78, 5) is 12.1. The minimum absolute atomic E-state index is 0.241. The van der Waals surface area contributed by atoms with E-state index in [1.807, 2.05) is 32.0 Å². The molecule has 3 N–H and O–H groups in total. The van der Waals surface area contributed by atoms with Crippen LogP contribution in [0.25, 0.3) is 0 Å². The van der Waals surface area contributed by atoms with Gasteiger partial charge in [0.2, 0.25) is 0 Å². The number of anilines is 2. The summed E-state index contributed by atoms with van der Waals surface area (Å²) in [6.45, 7) is 3.97. The number of benzene rings is 2. The van der Waals surface area contributed by atoms with Gasteiger partial charge in [-0.1, -0.05) is 17.7 Å². The zero-order chi connectivity index (χ0) is 14.0. The van der Waals surface area contributed by atoms with Gasteiger partial charge in [0.1, 0.15) is 0 Å². The maximum Gasteiger partial charge on any atom is 0.257 e. The van der Waals surface area contributed by atoms with Crippen molar-refractivity contribution in [2.24, 2.45) is 0 Å². The molecule has 1 amide bonds. The molecule has 0 unspecified atom stereocenters. The van der Waals surface area contributed by atoms with Gasteiger partial charge in [0.25, 0.3) is 5.91 Å². The van der Waals surface area contributed by atoms with Gasteiger partial charge in [0.15, 0.2) is 0 Å². The van der Waals surface area contributed by atoms with Gasteiger partial charge in [-0.15, -0.1) is 0 Å². The Labute approximate surface area is 117 Å². The molecule has 0 atom stereocenters. The van der Waals surface area contributed by atoms with E-state index in [4.69, 9.17) is 17.3 Å². The van der Waals surface area contributed by atoms with E-state index in [0.29, 0.717) is 16.3 Å². The van der Waals surface area contributed by atoms with Gasteiger partial charge < -0.3 is 11.1 Å². The molecule has 0 bridgehead atoms. The summed E-state index contributed by atoms with van der Waals surface area (Å²) in [5, 5.41) is 3.18. The van der Waals surface area contributed by atoms with Crippen LogP contribution in [0.2, 0.25) is 5.02 Å². The molecule has 4 heteroatoms. The standard InChI is InChI=1S/C15H15ClN2O/c1-9-5-10(2)7-12(6-9)18-15(19)13-4-3-11(17)8-14(13)16/h3-8H,17H2,1-2H3,(H,18,19). The molecule has 0 radical (unpaired) electrons. The fourth-order valence-corrected chi connectivity index (χ4v) is 2.24. The van der Waals surface area contributed by atoms with Crippen LogP contribution in [-0.2, 0) is 0 Å². The Balaban J connectivity index is 2.25. The van der Waals surface area contributed by atoms with Crippen molar-refractivity contribution < 1.29 is 4.79 Å². The highest BCUT2D eigenvalue weighted by Gasteiger charge is 2.11. The highest BCUT2D eigenvalue weighted by Crippen LogP contribution is 2.21. The number of carbonyl (C=O) groups is 1. The second kappa shape index (κ2) is 5.33. The van der Waals surface area contributed by atoms with Crippen molar-refractivity contribution in [3.63, 3.8) is 0 Å². The largest absolute Gasteiger partial charge is 0.399 e. The zero-order valence-electron chi connectivity index (χ0n) is 10.8. The number of amides is 1. The lowest BCUT2D eigenvalue weighted by atomic mass is 10.1. The Morgan fingerprint density at radius 3 is 2.32 bits per heavy atom. The van der Waals surface area contributed by atoms with Crippen LogP contribution in [0.15, 0.2) is 36.4 Å². The second-order valence-corrected chi connectivity index (χ2v) is 4.98. The summed E-state index contributed by atoms with van der Waals surface area (Å²) < 4.78 is 0. The predicted octanol–water partition coefficient (Wildman–Crippen LogP) is 3.79. The van der Waals surface area contributed by atoms with Gasteiger partial charge in [-0.3, -0.25) is 4.79 Å². The van der Waals surface area contributed by atoms with Crippen LogP contribution in [0, 0.1) is 13.8 Å². The van der Waals surface area contributed by atoms with Crippen molar-refractivity contribution in [1.29, 1.82) is 0 Å². The second-order valence-electron chi connectivity index (χ2n) is 4.57. The molecule has 0 saturated heterocycles. The minimum Gasteiger partial charge on any atom is -0.399 e. The van der Waals surface area contributed by atoms with E-state index >= 15 is 0 Å². The Kier molecular flexibility index (Phi) is 3.76. The number of halogens is 1. The summed E-state index contributed by atoms with van der Waals surface area (Å²) in [5.74, 6) is -0.241. The summed E-state index contributed by atoms with van der Waals surface area (Å²) in [7, 11) is 0. The quantitative estimate of drug-likeness (QED) is 0.819. The van der Waals surface area contributed by atoms with Gasteiger partial charge in [0, 0.05) is 11.4 Å². The molecule has 0 fully saturated rings. The Bertz CT molecular complexity index is 618. The maximum atomic E-state index is 12.1. The smallest absolute Gasteiger partial charge is 0.257 e. The lowest BCUT2D eigenvalue weighted by Gasteiger charge is -2.09. The first-order chi connectivity index (χ1) is 8.95. The van der Waals surface area contributed by atoms with Crippen LogP contribution in [0.1, 0.15) is 21.5 Å². The third-order valence-corrected chi connectivity index (χ3v) is 3.03. The molecule has 0 saturated carbocycles. The van der Waals surface area contributed by atoms with Crippen molar-refractivity contribution >= 4 is 28.9 Å². The van der Waals surface area contributed by atoms with E-state index in [1.165, 1.54) is 0 Å². The lowest BCUT2D eigenvalue weighted by molar-refractivity contribution is 0.102. The first-order valence-corrected chi connectivity index (χ1v) is 6.28. The molecule has 0 spiro atoms. The normalized spacial score (nSPS) is 10.3. The summed E-state index contributed by atoms with van der Waals surface area (Å²) in [5.41, 5.74) is 9.50. The number of carbonyl (C=O) groups excluding carboxylic acids is 1. The van der Waals surface area contributed by atoms with Gasteiger partial charge in [-0.25, -0.2) is 0 Å². The fraction of sp³-hybridized carbons (Fsp3) is 0.133. The zero-order valence-corrected chi connectivity index (χ0v) is 11.6. The summed E-state index contributed by atoms with van der Waals surface area (Å²) >= 11 is 6.01. The average molecular weight is 275 g/mol. The number of aryl methyl sites for hydroxylation is 2. The SMILES string of the molecule is Cc1cc(C)cc(NC(=O)c2ccc(N)cc2Cl)c1. The Morgan fingerprint density at radius 1 is 1.11 bits per heavy atom. The summed E-state index contributed by atoms with van der Waals surface area (Å²) in [6, 6.07) is 10.7. The first-order valence-electron chi connectivity index (χ1n) is 5.90. The Morgan fingerprint density at radius 2 is 1.74 bits per heavy atom. The molecule has 19 heavy (non-hydrogen) atoms. The van der Waals surface area contributed by atoms with E-state index in [0.717, 1.165) is 16.8 Å². The molecule has 3 nitrogen and oxygen atoms in total. The molecule has 0 aliphatic heterocycles. The number of nitrogen functional groups attached to an aromatic ring is 1. The molecular weight excluding hydrogens is 260 g/mol. The monoisotopic (exact) mass is 274 g/mol. The first kappa shape index (κ1) is 13.4. The topological polar surface area (TPSA) is 55.1 Å².